The summed E-state index contributed by atoms with van der Waals surface area (Å²) in [6.45, 7) is 7.51. The maximum atomic E-state index is 5.73. The van der Waals surface area contributed by atoms with E-state index in [2.05, 4.69) is 20.8 Å². The van der Waals surface area contributed by atoms with Gasteiger partial charge in [-0.3, -0.25) is 0 Å². The third kappa shape index (κ3) is 2.23. The minimum absolute atomic E-state index is 0.195. The van der Waals surface area contributed by atoms with Crippen molar-refractivity contribution in [2.45, 2.75) is 45.4 Å². The van der Waals surface area contributed by atoms with Gasteiger partial charge in [0.2, 0.25) is 0 Å². The second-order valence-corrected chi connectivity index (χ2v) is 6.57. The molecule has 0 radical (unpaired) electrons. The van der Waals surface area contributed by atoms with Crippen LogP contribution in [0.1, 0.15) is 42.8 Å². The van der Waals surface area contributed by atoms with E-state index in [4.69, 9.17) is 10.7 Å². The minimum Gasteiger partial charge on any atom is -0.330 e. The molecule has 3 heteroatoms. The van der Waals surface area contributed by atoms with Gasteiger partial charge in [0.05, 0.1) is 10.7 Å². The van der Waals surface area contributed by atoms with Crippen molar-refractivity contribution in [3.63, 3.8) is 0 Å². The average Bonchev–Trinajstić information content (AvgIpc) is 2.59. The maximum Gasteiger partial charge on any atom is 0.0984 e. The highest BCUT2D eigenvalue weighted by Crippen LogP contribution is 2.34. The van der Waals surface area contributed by atoms with Crippen molar-refractivity contribution in [1.29, 1.82) is 0 Å². The van der Waals surface area contributed by atoms with Crippen LogP contribution in [0.4, 0.5) is 0 Å². The number of fused-ring (bicyclic) bond motifs is 1. The van der Waals surface area contributed by atoms with Crippen molar-refractivity contribution in [1.82, 2.24) is 4.98 Å². The molecule has 2 rings (SSSR count). The molecule has 1 aromatic heterocycles. The number of nitrogens with two attached hydrogens (primary N) is 1. The fourth-order valence-corrected chi connectivity index (χ4v) is 3.13. The van der Waals surface area contributed by atoms with Crippen LogP contribution in [0.5, 0.6) is 0 Å². The number of aryl methyl sites for hydroxylation is 1. The van der Waals surface area contributed by atoms with Gasteiger partial charge in [0, 0.05) is 10.3 Å². The van der Waals surface area contributed by atoms with Gasteiger partial charge in [0.25, 0.3) is 0 Å². The van der Waals surface area contributed by atoms with E-state index in [9.17, 15) is 0 Å². The summed E-state index contributed by atoms with van der Waals surface area (Å²) in [4.78, 5) is 6.29. The van der Waals surface area contributed by atoms with Gasteiger partial charge < -0.3 is 5.73 Å². The number of hydrogen-bond acceptors (Lipinski definition) is 3. The lowest BCUT2D eigenvalue weighted by molar-refractivity contribution is 0.465. The summed E-state index contributed by atoms with van der Waals surface area (Å²) in [6, 6.07) is 0. The number of hydrogen-bond donors (Lipinski definition) is 1. The van der Waals surface area contributed by atoms with Gasteiger partial charge in [-0.1, -0.05) is 20.8 Å². The Morgan fingerprint density at radius 3 is 2.80 bits per heavy atom. The lowest BCUT2D eigenvalue weighted by atomic mass is 9.91. The summed E-state index contributed by atoms with van der Waals surface area (Å²) in [7, 11) is 0. The Balaban J connectivity index is 2.26. The second kappa shape index (κ2) is 3.87. The van der Waals surface area contributed by atoms with E-state index in [-0.39, 0.29) is 5.41 Å². The van der Waals surface area contributed by atoms with Gasteiger partial charge in [-0.15, -0.1) is 11.3 Å². The van der Waals surface area contributed by atoms with E-state index in [1.807, 2.05) is 11.3 Å². The number of aromatic nitrogens is 1. The summed E-state index contributed by atoms with van der Waals surface area (Å²) in [5.74, 6) is 0.660. The molecule has 2 N–H and O–H groups in total. The summed E-state index contributed by atoms with van der Waals surface area (Å²) < 4.78 is 0. The zero-order valence-corrected chi connectivity index (χ0v) is 10.7. The molecule has 1 heterocycles. The van der Waals surface area contributed by atoms with Crippen molar-refractivity contribution in [3.05, 3.63) is 15.6 Å². The van der Waals surface area contributed by atoms with E-state index in [1.54, 1.807) is 0 Å². The highest BCUT2D eigenvalue weighted by Gasteiger charge is 2.25. The fourth-order valence-electron chi connectivity index (χ4n) is 1.97. The van der Waals surface area contributed by atoms with Crippen LogP contribution in [-0.4, -0.2) is 11.5 Å². The Hall–Kier alpha value is -0.410. The Kier molecular flexibility index (Phi) is 2.86. The number of thiazole rings is 1. The predicted octanol–water partition coefficient (Wildman–Crippen LogP) is 2.50. The van der Waals surface area contributed by atoms with Gasteiger partial charge in [-0.25, -0.2) is 4.98 Å². The van der Waals surface area contributed by atoms with Crippen LogP contribution < -0.4 is 5.73 Å². The zero-order valence-electron chi connectivity index (χ0n) is 9.84. The first-order valence-corrected chi connectivity index (χ1v) is 6.51. The highest BCUT2D eigenvalue weighted by atomic mass is 32.1. The van der Waals surface area contributed by atoms with E-state index < -0.39 is 0 Å². The first-order chi connectivity index (χ1) is 7.00. The molecular weight excluding hydrogens is 204 g/mol. The molecule has 1 unspecified atom stereocenters. The largest absolute Gasteiger partial charge is 0.330 e. The average molecular weight is 224 g/mol. The molecule has 0 amide bonds. The predicted molar refractivity (Wildman–Crippen MR) is 65.4 cm³/mol. The molecular formula is C12H20N2S. The van der Waals surface area contributed by atoms with E-state index in [0.717, 1.165) is 13.0 Å². The summed E-state index contributed by atoms with van der Waals surface area (Å²) >= 11 is 1.90. The van der Waals surface area contributed by atoms with E-state index in [1.165, 1.54) is 28.4 Å². The Labute approximate surface area is 95.9 Å². The van der Waals surface area contributed by atoms with Crippen molar-refractivity contribution >= 4 is 11.3 Å². The molecule has 1 aliphatic carbocycles. The first-order valence-electron chi connectivity index (χ1n) is 5.70. The van der Waals surface area contributed by atoms with Gasteiger partial charge in [-0.05, 0) is 31.7 Å². The second-order valence-electron chi connectivity index (χ2n) is 5.48. The lowest BCUT2D eigenvalue weighted by Gasteiger charge is -2.18. The van der Waals surface area contributed by atoms with Crippen LogP contribution in [0.25, 0.3) is 0 Å². The SMILES string of the molecule is CC(C)(C)c1nc2c(s1)CCC(CN)C2. The summed E-state index contributed by atoms with van der Waals surface area (Å²) in [5.41, 5.74) is 7.25. The standard InChI is InChI=1S/C12H20N2S/c1-12(2,3)11-14-9-6-8(7-13)4-5-10(9)15-11/h8H,4-7,13H2,1-3H3. The fraction of sp³-hybridized carbons (Fsp3) is 0.750. The van der Waals surface area contributed by atoms with Crippen LogP contribution in [0, 0.1) is 5.92 Å². The van der Waals surface area contributed by atoms with E-state index in [0.29, 0.717) is 5.92 Å². The molecule has 0 aromatic carbocycles. The molecule has 0 saturated carbocycles. The third-order valence-electron chi connectivity index (χ3n) is 3.01. The normalized spacial score (nSPS) is 21.5. The van der Waals surface area contributed by atoms with Crippen molar-refractivity contribution in [3.8, 4) is 0 Å². The van der Waals surface area contributed by atoms with Crippen molar-refractivity contribution in [2.75, 3.05) is 6.54 Å². The molecule has 1 aromatic rings. The number of rotatable bonds is 1. The van der Waals surface area contributed by atoms with E-state index >= 15 is 0 Å². The highest BCUT2D eigenvalue weighted by molar-refractivity contribution is 7.11. The van der Waals surface area contributed by atoms with Crippen LogP contribution in [0.3, 0.4) is 0 Å². The molecule has 0 bridgehead atoms. The third-order valence-corrected chi connectivity index (χ3v) is 4.60. The van der Waals surface area contributed by atoms with Crippen LogP contribution in [0.15, 0.2) is 0 Å². The Morgan fingerprint density at radius 1 is 1.47 bits per heavy atom. The van der Waals surface area contributed by atoms with Gasteiger partial charge in [0.1, 0.15) is 0 Å². The maximum absolute atomic E-state index is 5.73. The monoisotopic (exact) mass is 224 g/mol. The van der Waals surface area contributed by atoms with Gasteiger partial charge >= 0.3 is 0 Å². The van der Waals surface area contributed by atoms with Crippen LogP contribution >= 0.6 is 11.3 Å². The smallest absolute Gasteiger partial charge is 0.0984 e. The van der Waals surface area contributed by atoms with Gasteiger partial charge in [0.15, 0.2) is 0 Å². The molecule has 84 valence electrons. The molecule has 1 aliphatic rings. The van der Waals surface area contributed by atoms with Crippen LogP contribution in [-0.2, 0) is 18.3 Å². The van der Waals surface area contributed by atoms with Crippen LogP contribution in [0.2, 0.25) is 0 Å². The number of nitrogens with zero attached hydrogens (tertiary/aromatic N) is 1. The molecule has 0 saturated heterocycles. The molecule has 0 fully saturated rings. The van der Waals surface area contributed by atoms with Gasteiger partial charge in [-0.2, -0.15) is 0 Å². The molecule has 0 spiro atoms. The van der Waals surface area contributed by atoms with Crippen molar-refractivity contribution < 1.29 is 0 Å². The minimum atomic E-state index is 0.195. The zero-order chi connectivity index (χ0) is 11.1. The Bertz CT molecular complexity index is 349. The molecule has 0 aliphatic heterocycles. The summed E-state index contributed by atoms with van der Waals surface area (Å²) in [5, 5.41) is 1.28. The molecule has 2 nitrogen and oxygen atoms in total. The molecule has 15 heavy (non-hydrogen) atoms. The Morgan fingerprint density at radius 2 is 2.20 bits per heavy atom. The quantitative estimate of drug-likeness (QED) is 0.796. The lowest BCUT2D eigenvalue weighted by Crippen LogP contribution is -2.21. The first kappa shape index (κ1) is 11.1. The molecule has 1 atom stereocenters. The summed E-state index contributed by atoms with van der Waals surface area (Å²) in [6.07, 6.45) is 3.53. The topological polar surface area (TPSA) is 38.9 Å². The van der Waals surface area contributed by atoms with Crippen molar-refractivity contribution in [2.24, 2.45) is 11.7 Å².